The van der Waals surface area contributed by atoms with Crippen molar-refractivity contribution in [2.45, 2.75) is 19.8 Å². The standard InChI is InChI=1S/C22H27N3O3/c1-16-4-6-17(7-5-16)14-21(26)23-20-9-8-18(15-19(20)22(27)28)25-11-3-10-24(2)12-13-25/h4-9,15H,3,10-14H2,1-2H3,(H,23,26)(H,27,28). The van der Waals surface area contributed by atoms with Crippen molar-refractivity contribution >= 4 is 23.3 Å². The van der Waals surface area contributed by atoms with Gasteiger partial charge >= 0.3 is 5.97 Å². The van der Waals surface area contributed by atoms with Crippen LogP contribution in [0.1, 0.15) is 27.9 Å². The molecule has 1 saturated heterocycles. The highest BCUT2D eigenvalue weighted by molar-refractivity contribution is 6.01. The minimum Gasteiger partial charge on any atom is -0.478 e. The van der Waals surface area contributed by atoms with E-state index in [9.17, 15) is 14.7 Å². The van der Waals surface area contributed by atoms with E-state index in [4.69, 9.17) is 0 Å². The molecule has 1 aliphatic rings. The normalized spacial score (nSPS) is 15.1. The average Bonchev–Trinajstić information content (AvgIpc) is 2.88. The first kappa shape index (κ1) is 19.9. The Hall–Kier alpha value is -2.86. The van der Waals surface area contributed by atoms with Gasteiger partial charge in [0, 0.05) is 25.3 Å². The lowest BCUT2D eigenvalue weighted by molar-refractivity contribution is -0.115. The van der Waals surface area contributed by atoms with Crippen LogP contribution in [0.5, 0.6) is 0 Å². The van der Waals surface area contributed by atoms with Gasteiger partial charge in [-0.1, -0.05) is 29.8 Å². The van der Waals surface area contributed by atoms with Crippen LogP contribution >= 0.6 is 0 Å². The van der Waals surface area contributed by atoms with Crippen LogP contribution in [-0.2, 0) is 11.2 Å². The zero-order chi connectivity index (χ0) is 20.1. The maximum atomic E-state index is 12.4. The number of carboxylic acid groups (broad SMARTS) is 1. The van der Waals surface area contributed by atoms with E-state index in [0.717, 1.165) is 49.4 Å². The number of nitrogens with one attached hydrogen (secondary N) is 1. The van der Waals surface area contributed by atoms with E-state index in [1.54, 1.807) is 12.1 Å². The Morgan fingerprint density at radius 2 is 1.79 bits per heavy atom. The second-order valence-electron chi connectivity index (χ2n) is 7.39. The van der Waals surface area contributed by atoms with Gasteiger partial charge in [-0.15, -0.1) is 0 Å². The predicted octanol–water partition coefficient (Wildman–Crippen LogP) is 3.02. The van der Waals surface area contributed by atoms with Crippen molar-refractivity contribution in [1.82, 2.24) is 4.90 Å². The summed E-state index contributed by atoms with van der Waals surface area (Å²) in [6, 6.07) is 13.0. The van der Waals surface area contributed by atoms with Crippen molar-refractivity contribution < 1.29 is 14.7 Å². The Labute approximate surface area is 165 Å². The highest BCUT2D eigenvalue weighted by Crippen LogP contribution is 2.25. The lowest BCUT2D eigenvalue weighted by Crippen LogP contribution is -2.29. The van der Waals surface area contributed by atoms with Crippen LogP contribution in [0.15, 0.2) is 42.5 Å². The summed E-state index contributed by atoms with van der Waals surface area (Å²) in [4.78, 5) is 28.6. The Bertz CT molecular complexity index is 849. The Morgan fingerprint density at radius 1 is 1.04 bits per heavy atom. The third-order valence-corrected chi connectivity index (χ3v) is 5.08. The van der Waals surface area contributed by atoms with Crippen LogP contribution in [0.25, 0.3) is 0 Å². The van der Waals surface area contributed by atoms with Crippen LogP contribution in [0.3, 0.4) is 0 Å². The fourth-order valence-corrected chi connectivity index (χ4v) is 3.41. The number of carboxylic acids is 1. The summed E-state index contributed by atoms with van der Waals surface area (Å²) in [5.74, 6) is -1.27. The number of aromatic carboxylic acids is 1. The Kier molecular flexibility index (Phi) is 6.31. The zero-order valence-corrected chi connectivity index (χ0v) is 16.4. The summed E-state index contributed by atoms with van der Waals surface area (Å²) < 4.78 is 0. The molecule has 6 nitrogen and oxygen atoms in total. The van der Waals surface area contributed by atoms with Crippen LogP contribution < -0.4 is 10.2 Å². The van der Waals surface area contributed by atoms with E-state index in [0.29, 0.717) is 5.69 Å². The maximum Gasteiger partial charge on any atom is 0.337 e. The molecule has 1 aliphatic heterocycles. The molecule has 0 unspecified atom stereocenters. The summed E-state index contributed by atoms with van der Waals surface area (Å²) in [5, 5.41) is 12.4. The van der Waals surface area contributed by atoms with Crippen molar-refractivity contribution in [2.75, 3.05) is 43.4 Å². The molecule has 1 amide bonds. The van der Waals surface area contributed by atoms with Crippen molar-refractivity contribution in [3.8, 4) is 0 Å². The number of nitrogens with zero attached hydrogens (tertiary/aromatic N) is 2. The number of carbonyl (C=O) groups is 2. The molecule has 28 heavy (non-hydrogen) atoms. The van der Waals surface area contributed by atoms with Gasteiger partial charge in [0.2, 0.25) is 5.91 Å². The number of aryl methyl sites for hydroxylation is 1. The zero-order valence-electron chi connectivity index (χ0n) is 16.4. The lowest BCUT2D eigenvalue weighted by atomic mass is 10.1. The first-order valence-electron chi connectivity index (χ1n) is 9.58. The van der Waals surface area contributed by atoms with Crippen LogP contribution in [0.2, 0.25) is 0 Å². The van der Waals surface area contributed by atoms with Crippen LogP contribution in [0, 0.1) is 6.92 Å². The third kappa shape index (κ3) is 5.10. The molecule has 0 bridgehead atoms. The molecule has 148 valence electrons. The van der Waals surface area contributed by atoms with Gasteiger partial charge in [0.25, 0.3) is 0 Å². The molecule has 1 fully saturated rings. The molecule has 6 heteroatoms. The summed E-state index contributed by atoms with van der Waals surface area (Å²) >= 11 is 0. The average molecular weight is 381 g/mol. The first-order valence-corrected chi connectivity index (χ1v) is 9.58. The van der Waals surface area contributed by atoms with Crippen molar-refractivity contribution in [1.29, 1.82) is 0 Å². The van der Waals surface area contributed by atoms with Gasteiger partial charge in [-0.2, -0.15) is 0 Å². The molecular formula is C22H27N3O3. The predicted molar refractivity (Wildman–Crippen MR) is 111 cm³/mol. The van der Waals surface area contributed by atoms with Gasteiger partial charge in [0.1, 0.15) is 0 Å². The highest BCUT2D eigenvalue weighted by atomic mass is 16.4. The van der Waals surface area contributed by atoms with Gasteiger partial charge < -0.3 is 20.2 Å². The molecule has 0 aromatic heterocycles. The monoisotopic (exact) mass is 381 g/mol. The molecule has 0 atom stereocenters. The van der Waals surface area contributed by atoms with E-state index in [-0.39, 0.29) is 17.9 Å². The van der Waals surface area contributed by atoms with E-state index in [1.165, 1.54) is 0 Å². The molecule has 2 aromatic carbocycles. The van der Waals surface area contributed by atoms with Crippen molar-refractivity contribution in [3.05, 3.63) is 59.2 Å². The smallest absolute Gasteiger partial charge is 0.337 e. The molecule has 3 rings (SSSR count). The number of rotatable bonds is 5. The van der Waals surface area contributed by atoms with Gasteiger partial charge in [0.05, 0.1) is 17.7 Å². The summed E-state index contributed by atoms with van der Waals surface area (Å²) in [6.07, 6.45) is 1.24. The van der Waals surface area contributed by atoms with E-state index in [2.05, 4.69) is 22.2 Å². The number of benzene rings is 2. The summed E-state index contributed by atoms with van der Waals surface area (Å²) in [6.45, 7) is 5.72. The van der Waals surface area contributed by atoms with Crippen LogP contribution in [-0.4, -0.2) is 55.1 Å². The Balaban J connectivity index is 1.74. The molecule has 0 spiro atoms. The number of anilines is 2. The molecule has 0 aliphatic carbocycles. The number of hydrogen-bond donors (Lipinski definition) is 2. The highest BCUT2D eigenvalue weighted by Gasteiger charge is 2.18. The molecule has 1 heterocycles. The molecule has 0 radical (unpaired) electrons. The minimum atomic E-state index is -1.04. The van der Waals surface area contributed by atoms with Gasteiger partial charge in [-0.05, 0) is 50.7 Å². The number of hydrogen-bond acceptors (Lipinski definition) is 4. The van der Waals surface area contributed by atoms with Crippen molar-refractivity contribution in [3.63, 3.8) is 0 Å². The second-order valence-corrected chi connectivity index (χ2v) is 7.39. The molecule has 2 N–H and O–H groups in total. The van der Waals surface area contributed by atoms with Gasteiger partial charge in [0.15, 0.2) is 0 Å². The fourth-order valence-electron chi connectivity index (χ4n) is 3.41. The molecular weight excluding hydrogens is 354 g/mol. The molecule has 2 aromatic rings. The largest absolute Gasteiger partial charge is 0.478 e. The van der Waals surface area contributed by atoms with Gasteiger partial charge in [-0.25, -0.2) is 4.79 Å². The summed E-state index contributed by atoms with van der Waals surface area (Å²) in [7, 11) is 2.10. The lowest BCUT2D eigenvalue weighted by Gasteiger charge is -2.24. The van der Waals surface area contributed by atoms with E-state index < -0.39 is 5.97 Å². The molecule has 0 saturated carbocycles. The Morgan fingerprint density at radius 3 is 2.50 bits per heavy atom. The minimum absolute atomic E-state index is 0.118. The van der Waals surface area contributed by atoms with Crippen molar-refractivity contribution in [2.24, 2.45) is 0 Å². The van der Waals surface area contributed by atoms with E-state index >= 15 is 0 Å². The fraction of sp³-hybridized carbons (Fsp3) is 0.364. The summed E-state index contributed by atoms with van der Waals surface area (Å²) in [5.41, 5.74) is 3.36. The van der Waals surface area contributed by atoms with E-state index in [1.807, 2.05) is 37.3 Å². The van der Waals surface area contributed by atoms with Crippen LogP contribution in [0.4, 0.5) is 11.4 Å². The number of likely N-dealkylation sites (N-methyl/N-ethyl adjacent to an activating group) is 1. The second kappa shape index (κ2) is 8.89. The SMILES string of the molecule is Cc1ccc(CC(=O)Nc2ccc(N3CCCN(C)CC3)cc2C(=O)O)cc1. The maximum absolute atomic E-state index is 12.4. The van der Waals surface area contributed by atoms with Gasteiger partial charge in [-0.3, -0.25) is 4.79 Å². The number of carbonyl (C=O) groups excluding carboxylic acids is 1. The quantitative estimate of drug-likeness (QED) is 0.833. The number of amides is 1. The third-order valence-electron chi connectivity index (χ3n) is 5.08. The topological polar surface area (TPSA) is 72.9 Å². The first-order chi connectivity index (χ1) is 13.4.